The number of hydrogen-bond donors (Lipinski definition) is 0. The summed E-state index contributed by atoms with van der Waals surface area (Å²) in [7, 11) is 0. The van der Waals surface area contributed by atoms with Crippen molar-refractivity contribution in [3.63, 3.8) is 0 Å². The summed E-state index contributed by atoms with van der Waals surface area (Å²) in [5.41, 5.74) is 1.97. The van der Waals surface area contributed by atoms with E-state index in [1.807, 2.05) is 6.07 Å². The molecule has 1 aromatic heterocycles. The molecule has 2 aromatic carbocycles. The normalized spacial score (nSPS) is 14.3. The van der Waals surface area contributed by atoms with Gasteiger partial charge < -0.3 is 9.80 Å². The summed E-state index contributed by atoms with van der Waals surface area (Å²) < 4.78 is 13.0. The average Bonchev–Trinajstić information content (AvgIpc) is 3.18. The Morgan fingerprint density at radius 1 is 1.04 bits per heavy atom. The van der Waals surface area contributed by atoms with Crippen LogP contribution in [0.5, 0.6) is 0 Å². The zero-order valence-electron chi connectivity index (χ0n) is 15.0. The SMILES string of the molecule is O=[N+]([O-])c1cccc(N2CCN(c3nnc(Cc4ccc(F)cc4)s3)CC2)c1. The van der Waals surface area contributed by atoms with Crippen LogP contribution in [-0.4, -0.2) is 41.3 Å². The van der Waals surface area contributed by atoms with Gasteiger partial charge >= 0.3 is 0 Å². The molecule has 9 heteroatoms. The van der Waals surface area contributed by atoms with E-state index in [2.05, 4.69) is 20.0 Å². The maximum Gasteiger partial charge on any atom is 0.271 e. The van der Waals surface area contributed by atoms with E-state index in [4.69, 9.17) is 0 Å². The molecule has 0 atom stereocenters. The minimum Gasteiger partial charge on any atom is -0.368 e. The molecular formula is C19H18FN5O2S. The van der Waals surface area contributed by atoms with Crippen molar-refractivity contribution in [1.29, 1.82) is 0 Å². The molecule has 7 nitrogen and oxygen atoms in total. The second-order valence-corrected chi connectivity index (χ2v) is 7.57. The lowest BCUT2D eigenvalue weighted by Crippen LogP contribution is -2.46. The van der Waals surface area contributed by atoms with E-state index in [0.29, 0.717) is 6.42 Å². The van der Waals surface area contributed by atoms with Gasteiger partial charge in [-0.1, -0.05) is 29.5 Å². The van der Waals surface area contributed by atoms with Crippen molar-refractivity contribution in [3.05, 3.63) is 75.0 Å². The Morgan fingerprint density at radius 2 is 1.75 bits per heavy atom. The molecule has 0 spiro atoms. The Morgan fingerprint density at radius 3 is 2.46 bits per heavy atom. The van der Waals surface area contributed by atoms with Gasteiger partial charge in [0.2, 0.25) is 5.13 Å². The first kappa shape index (κ1) is 18.3. The molecule has 0 bridgehead atoms. The van der Waals surface area contributed by atoms with Crippen molar-refractivity contribution >= 4 is 27.8 Å². The number of halogens is 1. The fraction of sp³-hybridized carbons (Fsp3) is 0.263. The Labute approximate surface area is 165 Å². The first-order chi connectivity index (χ1) is 13.6. The third-order valence-electron chi connectivity index (χ3n) is 4.68. The number of nitro benzene ring substituents is 1. The number of nitrogens with zero attached hydrogens (tertiary/aromatic N) is 5. The van der Waals surface area contributed by atoms with Gasteiger partial charge in [0.1, 0.15) is 10.8 Å². The summed E-state index contributed by atoms with van der Waals surface area (Å²) in [6, 6.07) is 13.1. The fourth-order valence-electron chi connectivity index (χ4n) is 3.18. The quantitative estimate of drug-likeness (QED) is 0.483. The molecule has 2 heterocycles. The van der Waals surface area contributed by atoms with Crippen LogP contribution in [0, 0.1) is 15.9 Å². The van der Waals surface area contributed by atoms with E-state index in [9.17, 15) is 14.5 Å². The van der Waals surface area contributed by atoms with Gasteiger partial charge in [0.15, 0.2) is 0 Å². The van der Waals surface area contributed by atoms with Crippen LogP contribution >= 0.6 is 11.3 Å². The van der Waals surface area contributed by atoms with Gasteiger partial charge in [0.05, 0.1) is 4.92 Å². The van der Waals surface area contributed by atoms with Crippen molar-refractivity contribution in [2.24, 2.45) is 0 Å². The van der Waals surface area contributed by atoms with Gasteiger partial charge in [-0.2, -0.15) is 0 Å². The Bertz CT molecular complexity index is 970. The first-order valence-corrected chi connectivity index (χ1v) is 9.71. The first-order valence-electron chi connectivity index (χ1n) is 8.90. The van der Waals surface area contributed by atoms with E-state index in [0.717, 1.165) is 47.6 Å². The molecule has 4 rings (SSSR count). The lowest BCUT2D eigenvalue weighted by atomic mass is 10.2. The van der Waals surface area contributed by atoms with E-state index in [1.54, 1.807) is 35.6 Å². The predicted octanol–water partition coefficient (Wildman–Crippen LogP) is 3.50. The third-order valence-corrected chi connectivity index (χ3v) is 5.66. The molecule has 28 heavy (non-hydrogen) atoms. The van der Waals surface area contributed by atoms with Crippen LogP contribution in [-0.2, 0) is 6.42 Å². The van der Waals surface area contributed by atoms with Crippen LogP contribution in [0.1, 0.15) is 10.6 Å². The Balaban J connectivity index is 1.37. The molecule has 0 saturated carbocycles. The number of rotatable bonds is 5. The second kappa shape index (κ2) is 7.89. The minimum atomic E-state index is -0.371. The minimum absolute atomic E-state index is 0.106. The lowest BCUT2D eigenvalue weighted by Gasteiger charge is -2.35. The number of piperazine rings is 1. The molecule has 0 amide bonds. The van der Waals surface area contributed by atoms with Crippen LogP contribution in [0.3, 0.4) is 0 Å². The summed E-state index contributed by atoms with van der Waals surface area (Å²) in [5, 5.41) is 21.3. The van der Waals surface area contributed by atoms with Gasteiger partial charge in [0, 0.05) is 50.4 Å². The molecule has 1 fully saturated rings. The summed E-state index contributed by atoms with van der Waals surface area (Å²) in [5.74, 6) is -0.247. The monoisotopic (exact) mass is 399 g/mol. The van der Waals surface area contributed by atoms with Crippen LogP contribution in [0.15, 0.2) is 48.5 Å². The van der Waals surface area contributed by atoms with Crippen LogP contribution < -0.4 is 9.80 Å². The largest absolute Gasteiger partial charge is 0.368 e. The predicted molar refractivity (Wildman–Crippen MR) is 107 cm³/mol. The second-order valence-electron chi connectivity index (χ2n) is 6.53. The highest BCUT2D eigenvalue weighted by Gasteiger charge is 2.21. The molecule has 3 aromatic rings. The standard InChI is InChI=1S/C19H18FN5O2S/c20-15-6-4-14(5-7-15)12-18-21-22-19(28-18)24-10-8-23(9-11-24)16-2-1-3-17(13-16)25(26)27/h1-7,13H,8-12H2. The molecule has 0 N–H and O–H groups in total. The molecule has 0 unspecified atom stereocenters. The maximum atomic E-state index is 13.0. The van der Waals surface area contributed by atoms with Gasteiger partial charge in [-0.3, -0.25) is 10.1 Å². The van der Waals surface area contributed by atoms with E-state index >= 15 is 0 Å². The highest BCUT2D eigenvalue weighted by molar-refractivity contribution is 7.15. The Hall–Kier alpha value is -3.07. The topological polar surface area (TPSA) is 75.4 Å². The van der Waals surface area contributed by atoms with Gasteiger partial charge in [-0.05, 0) is 23.8 Å². The van der Waals surface area contributed by atoms with Crippen molar-refractivity contribution in [1.82, 2.24) is 10.2 Å². The number of non-ortho nitro benzene ring substituents is 1. The summed E-state index contributed by atoms with van der Waals surface area (Å²) in [6.45, 7) is 3.06. The van der Waals surface area contributed by atoms with Crippen LogP contribution in [0.4, 0.5) is 20.9 Å². The highest BCUT2D eigenvalue weighted by atomic mass is 32.1. The van der Waals surface area contributed by atoms with Crippen molar-refractivity contribution in [3.8, 4) is 0 Å². The average molecular weight is 399 g/mol. The number of aromatic nitrogens is 2. The lowest BCUT2D eigenvalue weighted by molar-refractivity contribution is -0.384. The molecule has 0 aliphatic carbocycles. The molecule has 144 valence electrons. The van der Waals surface area contributed by atoms with Gasteiger partial charge in [0.25, 0.3) is 5.69 Å². The number of benzene rings is 2. The van der Waals surface area contributed by atoms with Crippen molar-refractivity contribution in [2.45, 2.75) is 6.42 Å². The van der Waals surface area contributed by atoms with Crippen LogP contribution in [0.25, 0.3) is 0 Å². The van der Waals surface area contributed by atoms with E-state index in [1.165, 1.54) is 18.2 Å². The number of hydrogen-bond acceptors (Lipinski definition) is 7. The van der Waals surface area contributed by atoms with Gasteiger partial charge in [-0.15, -0.1) is 10.2 Å². The summed E-state index contributed by atoms with van der Waals surface area (Å²) in [4.78, 5) is 14.9. The maximum absolute atomic E-state index is 13.0. The van der Waals surface area contributed by atoms with Crippen molar-refractivity contribution < 1.29 is 9.31 Å². The molecule has 0 radical (unpaired) electrons. The van der Waals surface area contributed by atoms with E-state index < -0.39 is 0 Å². The molecule has 1 aliphatic heterocycles. The fourth-order valence-corrected chi connectivity index (χ4v) is 4.10. The molecule has 1 saturated heterocycles. The number of anilines is 2. The Kier molecular flexibility index (Phi) is 5.16. The number of nitro groups is 1. The molecular weight excluding hydrogens is 381 g/mol. The molecule has 1 aliphatic rings. The van der Waals surface area contributed by atoms with Crippen LogP contribution in [0.2, 0.25) is 0 Å². The van der Waals surface area contributed by atoms with E-state index in [-0.39, 0.29) is 16.4 Å². The highest BCUT2D eigenvalue weighted by Crippen LogP contribution is 2.26. The third kappa shape index (κ3) is 4.09. The smallest absolute Gasteiger partial charge is 0.271 e. The zero-order valence-corrected chi connectivity index (χ0v) is 15.8. The van der Waals surface area contributed by atoms with Crippen molar-refractivity contribution in [2.75, 3.05) is 36.0 Å². The summed E-state index contributed by atoms with van der Waals surface area (Å²) >= 11 is 1.54. The zero-order chi connectivity index (χ0) is 19.5. The summed E-state index contributed by atoms with van der Waals surface area (Å²) in [6.07, 6.45) is 0.631. The van der Waals surface area contributed by atoms with Gasteiger partial charge in [-0.25, -0.2) is 4.39 Å².